The molecule has 3 aromatic heterocycles. The van der Waals surface area contributed by atoms with Crippen LogP contribution in [0.1, 0.15) is 0 Å². The zero-order valence-electron chi connectivity index (χ0n) is 10.3. The molecule has 0 amide bonds. The van der Waals surface area contributed by atoms with Crippen molar-refractivity contribution in [2.45, 2.75) is 13.1 Å². The van der Waals surface area contributed by atoms with Gasteiger partial charge in [-0.05, 0) is 18.2 Å². The highest BCUT2D eigenvalue weighted by Crippen LogP contribution is 2.18. The highest BCUT2D eigenvalue weighted by atomic mass is 15.3. The fraction of sp³-hybridized carbons (Fsp3) is 0.154. The largest absolute Gasteiger partial charge is 0.384 e. The van der Waals surface area contributed by atoms with E-state index in [0.717, 1.165) is 24.3 Å². The summed E-state index contributed by atoms with van der Waals surface area (Å²) in [5, 5.41) is 4.18. The van der Waals surface area contributed by atoms with Gasteiger partial charge in [0.15, 0.2) is 0 Å². The van der Waals surface area contributed by atoms with Crippen LogP contribution in [0.5, 0.6) is 0 Å². The molecule has 96 valence electrons. The summed E-state index contributed by atoms with van der Waals surface area (Å²) in [6, 6.07) is 5.66. The van der Waals surface area contributed by atoms with Crippen LogP contribution in [0.2, 0.25) is 0 Å². The van der Waals surface area contributed by atoms with Crippen molar-refractivity contribution in [3.05, 3.63) is 49.3 Å². The van der Waals surface area contributed by atoms with Crippen LogP contribution in [-0.2, 0) is 13.1 Å². The highest BCUT2D eigenvalue weighted by Gasteiger charge is 2.05. The maximum Gasteiger partial charge on any atom is 0.123 e. The number of hydrogen-bond acceptors (Lipinski definition) is 4. The summed E-state index contributed by atoms with van der Waals surface area (Å²) in [7, 11) is 0. The molecule has 0 aliphatic heterocycles. The van der Waals surface area contributed by atoms with Gasteiger partial charge >= 0.3 is 0 Å². The topological polar surface area (TPSA) is 74.5 Å². The molecule has 0 radical (unpaired) electrons. The molecule has 3 aromatic rings. The molecule has 3 rings (SSSR count). The Kier molecular flexibility index (Phi) is 2.97. The normalized spacial score (nSPS) is 10.7. The maximum absolute atomic E-state index is 5.60. The monoisotopic (exact) mass is 254 g/mol. The molecule has 3 heterocycles. The quantitative estimate of drug-likeness (QED) is 0.764. The summed E-state index contributed by atoms with van der Waals surface area (Å²) < 4.78 is 3.97. The number of aromatic nitrogens is 5. The third-order valence-corrected chi connectivity index (χ3v) is 2.92. The predicted molar refractivity (Wildman–Crippen MR) is 72.1 cm³/mol. The van der Waals surface area contributed by atoms with E-state index in [9.17, 15) is 0 Å². The van der Waals surface area contributed by atoms with E-state index in [2.05, 4.69) is 19.6 Å². The number of nitrogens with zero attached hydrogens (tertiary/aromatic N) is 5. The van der Waals surface area contributed by atoms with Crippen LogP contribution >= 0.6 is 0 Å². The fourth-order valence-electron chi connectivity index (χ4n) is 1.94. The number of pyridine rings is 1. The molecule has 0 bridgehead atoms. The van der Waals surface area contributed by atoms with Crippen molar-refractivity contribution in [2.24, 2.45) is 0 Å². The molecule has 0 saturated heterocycles. The molecule has 0 saturated carbocycles. The molecule has 0 aromatic carbocycles. The van der Waals surface area contributed by atoms with Crippen LogP contribution in [-0.4, -0.2) is 24.3 Å². The average Bonchev–Trinajstić information content (AvgIpc) is 3.08. The Hall–Kier alpha value is -2.63. The molecule has 0 aliphatic carbocycles. The van der Waals surface area contributed by atoms with E-state index in [-0.39, 0.29) is 0 Å². The maximum atomic E-state index is 5.60. The molecule has 6 nitrogen and oxygen atoms in total. The van der Waals surface area contributed by atoms with Crippen LogP contribution in [0.25, 0.3) is 11.3 Å². The Morgan fingerprint density at radius 3 is 2.84 bits per heavy atom. The molecular weight excluding hydrogens is 240 g/mol. The van der Waals surface area contributed by atoms with Crippen molar-refractivity contribution in [1.29, 1.82) is 0 Å². The van der Waals surface area contributed by atoms with Gasteiger partial charge in [-0.25, -0.2) is 9.97 Å². The number of nitrogens with two attached hydrogens (primary N) is 1. The second-order valence-corrected chi connectivity index (χ2v) is 4.21. The number of rotatable bonds is 4. The molecule has 0 aliphatic rings. The number of aryl methyl sites for hydroxylation is 2. The molecular formula is C13H14N6. The van der Waals surface area contributed by atoms with Gasteiger partial charge in [0.2, 0.25) is 0 Å². The van der Waals surface area contributed by atoms with Gasteiger partial charge < -0.3 is 10.3 Å². The molecule has 19 heavy (non-hydrogen) atoms. The van der Waals surface area contributed by atoms with Gasteiger partial charge in [-0.15, -0.1) is 0 Å². The van der Waals surface area contributed by atoms with Crippen LogP contribution in [0.4, 0.5) is 5.82 Å². The molecule has 0 fully saturated rings. The van der Waals surface area contributed by atoms with Crippen molar-refractivity contribution in [3.63, 3.8) is 0 Å². The van der Waals surface area contributed by atoms with E-state index < -0.39 is 0 Å². The smallest absolute Gasteiger partial charge is 0.123 e. The minimum Gasteiger partial charge on any atom is -0.384 e. The molecule has 2 N–H and O–H groups in total. The van der Waals surface area contributed by atoms with Gasteiger partial charge in [-0.2, -0.15) is 5.10 Å². The van der Waals surface area contributed by atoms with Crippen molar-refractivity contribution >= 4 is 5.82 Å². The van der Waals surface area contributed by atoms with Gasteiger partial charge in [0, 0.05) is 30.7 Å². The molecule has 6 heteroatoms. The zero-order chi connectivity index (χ0) is 13.1. The third kappa shape index (κ3) is 2.47. The Bertz CT molecular complexity index is 638. The van der Waals surface area contributed by atoms with Gasteiger partial charge in [0.05, 0.1) is 24.8 Å². The second-order valence-electron chi connectivity index (χ2n) is 4.21. The Labute approximate surface area is 110 Å². The second kappa shape index (κ2) is 4.93. The zero-order valence-corrected chi connectivity index (χ0v) is 10.3. The van der Waals surface area contributed by atoms with Crippen LogP contribution in [0.3, 0.4) is 0 Å². The van der Waals surface area contributed by atoms with E-state index in [1.54, 1.807) is 18.5 Å². The van der Waals surface area contributed by atoms with Crippen molar-refractivity contribution < 1.29 is 0 Å². The fourth-order valence-corrected chi connectivity index (χ4v) is 1.94. The summed E-state index contributed by atoms with van der Waals surface area (Å²) in [5.41, 5.74) is 7.63. The van der Waals surface area contributed by atoms with Gasteiger partial charge in [0.1, 0.15) is 5.82 Å². The summed E-state index contributed by atoms with van der Waals surface area (Å²) in [4.78, 5) is 8.30. The Morgan fingerprint density at radius 2 is 2.11 bits per heavy atom. The molecule has 0 unspecified atom stereocenters. The lowest BCUT2D eigenvalue weighted by Gasteiger charge is -2.08. The van der Waals surface area contributed by atoms with Crippen molar-refractivity contribution in [2.75, 3.05) is 5.73 Å². The highest BCUT2D eigenvalue weighted by molar-refractivity contribution is 5.59. The Balaban J connectivity index is 1.80. The first-order valence-corrected chi connectivity index (χ1v) is 6.02. The van der Waals surface area contributed by atoms with Gasteiger partial charge in [-0.1, -0.05) is 0 Å². The lowest BCUT2D eigenvalue weighted by atomic mass is 10.2. The minimum atomic E-state index is 0.520. The third-order valence-electron chi connectivity index (χ3n) is 2.92. The lowest BCUT2D eigenvalue weighted by molar-refractivity contribution is 0.536. The first kappa shape index (κ1) is 11.5. The summed E-state index contributed by atoms with van der Waals surface area (Å²) in [6.07, 6.45) is 9.13. The predicted octanol–water partition coefficient (Wildman–Crippen LogP) is 1.42. The van der Waals surface area contributed by atoms with Crippen molar-refractivity contribution in [1.82, 2.24) is 24.3 Å². The van der Waals surface area contributed by atoms with E-state index in [0.29, 0.717) is 5.82 Å². The van der Waals surface area contributed by atoms with Crippen LogP contribution < -0.4 is 5.73 Å². The summed E-state index contributed by atoms with van der Waals surface area (Å²) in [6.45, 7) is 1.61. The van der Waals surface area contributed by atoms with Gasteiger partial charge in [-0.3, -0.25) is 4.68 Å². The average molecular weight is 254 g/mol. The van der Waals surface area contributed by atoms with E-state index in [4.69, 9.17) is 5.73 Å². The number of nitrogen functional groups attached to an aromatic ring is 1. The van der Waals surface area contributed by atoms with E-state index >= 15 is 0 Å². The first-order valence-electron chi connectivity index (χ1n) is 6.02. The minimum absolute atomic E-state index is 0.520. The first-order chi connectivity index (χ1) is 9.33. The van der Waals surface area contributed by atoms with E-state index in [1.807, 2.05) is 35.5 Å². The van der Waals surface area contributed by atoms with E-state index in [1.165, 1.54) is 0 Å². The van der Waals surface area contributed by atoms with Crippen molar-refractivity contribution in [3.8, 4) is 11.3 Å². The van der Waals surface area contributed by atoms with Crippen LogP contribution in [0, 0.1) is 0 Å². The molecule has 0 spiro atoms. The SMILES string of the molecule is Nc1ccc(-c2cncn2CCn2cccn2)cn1. The number of anilines is 1. The van der Waals surface area contributed by atoms with Crippen LogP contribution in [0.15, 0.2) is 49.3 Å². The lowest BCUT2D eigenvalue weighted by Crippen LogP contribution is -2.08. The summed E-state index contributed by atoms with van der Waals surface area (Å²) in [5.74, 6) is 0.520. The van der Waals surface area contributed by atoms with Gasteiger partial charge in [0.25, 0.3) is 0 Å². The number of hydrogen-bond donors (Lipinski definition) is 1. The molecule has 0 atom stereocenters. The Morgan fingerprint density at radius 1 is 1.16 bits per heavy atom. The summed E-state index contributed by atoms with van der Waals surface area (Å²) >= 11 is 0. The standard InChI is InChI=1S/C13H14N6/c14-13-3-2-11(8-16-13)12-9-15-10-18(12)6-7-19-5-1-4-17-19/h1-5,8-10H,6-7H2,(H2,14,16). The number of imidazole rings is 1.